The zero-order valence-electron chi connectivity index (χ0n) is 17.9. The molecule has 1 N–H and O–H groups in total. The van der Waals surface area contributed by atoms with Crippen molar-refractivity contribution in [3.63, 3.8) is 0 Å². The summed E-state index contributed by atoms with van der Waals surface area (Å²) in [4.78, 5) is 17.8. The average Bonchev–Trinajstić information content (AvgIpc) is 3.29. The number of rotatable bonds is 7. The molecule has 0 aliphatic carbocycles. The van der Waals surface area contributed by atoms with Crippen LogP contribution >= 0.6 is 11.6 Å². The summed E-state index contributed by atoms with van der Waals surface area (Å²) in [6.45, 7) is 7.38. The first-order chi connectivity index (χ1) is 14.9. The van der Waals surface area contributed by atoms with E-state index in [1.807, 2.05) is 48.9 Å². The van der Waals surface area contributed by atoms with E-state index in [-0.39, 0.29) is 5.91 Å². The molecule has 0 spiro atoms. The van der Waals surface area contributed by atoms with Gasteiger partial charge < -0.3 is 5.32 Å². The summed E-state index contributed by atoms with van der Waals surface area (Å²) in [5, 5.41) is 13.2. The summed E-state index contributed by atoms with van der Waals surface area (Å²) >= 11 is 5.92. The van der Waals surface area contributed by atoms with E-state index in [2.05, 4.69) is 27.4 Å². The maximum Gasteiger partial charge on any atom is 0.256 e. The summed E-state index contributed by atoms with van der Waals surface area (Å²) < 4.78 is 3.68. The fourth-order valence-corrected chi connectivity index (χ4v) is 3.78. The molecule has 1 aromatic carbocycles. The van der Waals surface area contributed by atoms with Crippen molar-refractivity contribution < 1.29 is 4.79 Å². The minimum Gasteiger partial charge on any atom is -0.322 e. The SMILES string of the molecule is CCCCn1nc(C)c2c(C(=O)Nc3ccc(Cn4cc(Cl)cn4)cc3)cc(C)nc21. The fraction of sp³-hybridized carbons (Fsp3) is 0.304. The highest BCUT2D eigenvalue weighted by atomic mass is 35.5. The molecule has 3 heterocycles. The number of nitrogens with zero attached hydrogens (tertiary/aromatic N) is 5. The van der Waals surface area contributed by atoms with Crippen molar-refractivity contribution in [1.29, 1.82) is 0 Å². The Morgan fingerprint density at radius 2 is 1.97 bits per heavy atom. The second-order valence-electron chi connectivity index (χ2n) is 7.68. The van der Waals surface area contributed by atoms with Gasteiger partial charge in [0.1, 0.15) is 0 Å². The Labute approximate surface area is 186 Å². The second-order valence-corrected chi connectivity index (χ2v) is 8.12. The number of carbonyl (C=O) groups excluding carboxylic acids is 1. The molecule has 0 aliphatic heterocycles. The number of nitrogens with one attached hydrogen (secondary N) is 1. The molecule has 0 aliphatic rings. The maximum atomic E-state index is 13.1. The van der Waals surface area contributed by atoms with Gasteiger partial charge in [0.05, 0.1) is 34.4 Å². The van der Waals surface area contributed by atoms with Crippen molar-refractivity contribution in [2.45, 2.75) is 46.7 Å². The van der Waals surface area contributed by atoms with Crippen LogP contribution in [-0.2, 0) is 13.1 Å². The minimum atomic E-state index is -0.166. The first kappa shape index (κ1) is 21.1. The minimum absolute atomic E-state index is 0.166. The first-order valence-corrected chi connectivity index (χ1v) is 10.8. The van der Waals surface area contributed by atoms with Gasteiger partial charge in [-0.15, -0.1) is 0 Å². The Kier molecular flexibility index (Phi) is 6.04. The number of hydrogen-bond acceptors (Lipinski definition) is 4. The van der Waals surface area contributed by atoms with Gasteiger partial charge in [0.25, 0.3) is 5.91 Å². The highest BCUT2D eigenvalue weighted by molar-refractivity contribution is 6.30. The van der Waals surface area contributed by atoms with Crippen LogP contribution in [0.25, 0.3) is 11.0 Å². The second kappa shape index (κ2) is 8.89. The number of halogens is 1. The van der Waals surface area contributed by atoms with Gasteiger partial charge in [-0.2, -0.15) is 10.2 Å². The van der Waals surface area contributed by atoms with Gasteiger partial charge in [0, 0.05) is 24.1 Å². The lowest BCUT2D eigenvalue weighted by molar-refractivity contribution is 0.102. The Morgan fingerprint density at radius 1 is 1.19 bits per heavy atom. The lowest BCUT2D eigenvalue weighted by Crippen LogP contribution is -2.13. The van der Waals surface area contributed by atoms with Crippen molar-refractivity contribution in [2.75, 3.05) is 5.32 Å². The lowest BCUT2D eigenvalue weighted by Gasteiger charge is -2.09. The van der Waals surface area contributed by atoms with Gasteiger partial charge in [-0.25, -0.2) is 9.67 Å². The molecule has 0 saturated carbocycles. The van der Waals surface area contributed by atoms with Crippen LogP contribution in [0, 0.1) is 13.8 Å². The molecule has 3 aromatic heterocycles. The molecule has 0 atom stereocenters. The molecule has 8 heteroatoms. The Balaban J connectivity index is 1.56. The predicted molar refractivity (Wildman–Crippen MR) is 123 cm³/mol. The molecule has 160 valence electrons. The summed E-state index contributed by atoms with van der Waals surface area (Å²) in [5.41, 5.74) is 4.77. The third kappa shape index (κ3) is 4.61. The highest BCUT2D eigenvalue weighted by Crippen LogP contribution is 2.24. The first-order valence-electron chi connectivity index (χ1n) is 10.4. The smallest absolute Gasteiger partial charge is 0.256 e. The molecule has 0 bridgehead atoms. The van der Waals surface area contributed by atoms with E-state index in [0.29, 0.717) is 17.1 Å². The van der Waals surface area contributed by atoms with Gasteiger partial charge in [-0.1, -0.05) is 37.1 Å². The quantitative estimate of drug-likeness (QED) is 0.442. The van der Waals surface area contributed by atoms with E-state index in [9.17, 15) is 4.79 Å². The number of unbranched alkanes of at least 4 members (excludes halogenated alkanes) is 1. The molecule has 0 saturated heterocycles. The number of hydrogen-bond donors (Lipinski definition) is 1. The molecule has 0 unspecified atom stereocenters. The van der Waals surface area contributed by atoms with Gasteiger partial charge in [-0.05, 0) is 44.0 Å². The molecule has 31 heavy (non-hydrogen) atoms. The van der Waals surface area contributed by atoms with Crippen LogP contribution in [-0.4, -0.2) is 30.5 Å². The van der Waals surface area contributed by atoms with E-state index in [1.54, 1.807) is 17.1 Å². The van der Waals surface area contributed by atoms with Crippen LogP contribution in [0.4, 0.5) is 5.69 Å². The van der Waals surface area contributed by atoms with Crippen LogP contribution in [0.2, 0.25) is 5.02 Å². The van der Waals surface area contributed by atoms with Gasteiger partial charge in [0.2, 0.25) is 0 Å². The Hall–Kier alpha value is -3.19. The Bertz CT molecular complexity index is 1230. The van der Waals surface area contributed by atoms with Crippen molar-refractivity contribution in [1.82, 2.24) is 24.5 Å². The topological polar surface area (TPSA) is 77.6 Å². The number of anilines is 1. The molecular weight excluding hydrogens is 412 g/mol. The Morgan fingerprint density at radius 3 is 2.65 bits per heavy atom. The van der Waals surface area contributed by atoms with E-state index in [0.717, 1.165) is 53.1 Å². The summed E-state index contributed by atoms with van der Waals surface area (Å²) in [7, 11) is 0. The van der Waals surface area contributed by atoms with Crippen molar-refractivity contribution in [3.8, 4) is 0 Å². The van der Waals surface area contributed by atoms with Crippen molar-refractivity contribution in [3.05, 3.63) is 70.3 Å². The molecule has 4 rings (SSSR count). The maximum absolute atomic E-state index is 13.1. The van der Waals surface area contributed by atoms with Gasteiger partial charge >= 0.3 is 0 Å². The fourth-order valence-electron chi connectivity index (χ4n) is 3.63. The molecule has 4 aromatic rings. The average molecular weight is 437 g/mol. The normalized spacial score (nSPS) is 11.2. The highest BCUT2D eigenvalue weighted by Gasteiger charge is 2.19. The van der Waals surface area contributed by atoms with Crippen LogP contribution in [0.15, 0.2) is 42.7 Å². The number of benzene rings is 1. The van der Waals surface area contributed by atoms with Gasteiger partial charge in [-0.3, -0.25) is 9.48 Å². The molecule has 1 amide bonds. The number of fused-ring (bicyclic) bond motifs is 1. The largest absolute Gasteiger partial charge is 0.322 e. The number of amides is 1. The summed E-state index contributed by atoms with van der Waals surface area (Å²) in [6, 6.07) is 9.54. The van der Waals surface area contributed by atoms with E-state index in [4.69, 9.17) is 11.6 Å². The third-order valence-corrected chi connectivity index (χ3v) is 5.33. The molecule has 7 nitrogen and oxygen atoms in total. The van der Waals surface area contributed by atoms with Crippen molar-refractivity contribution in [2.24, 2.45) is 0 Å². The van der Waals surface area contributed by atoms with Crippen LogP contribution in [0.3, 0.4) is 0 Å². The molecule has 0 fully saturated rings. The molecular formula is C23H25ClN6O. The van der Waals surface area contributed by atoms with Crippen molar-refractivity contribution >= 4 is 34.2 Å². The third-order valence-electron chi connectivity index (χ3n) is 5.13. The van der Waals surface area contributed by atoms with E-state index >= 15 is 0 Å². The van der Waals surface area contributed by atoms with E-state index < -0.39 is 0 Å². The summed E-state index contributed by atoms with van der Waals surface area (Å²) in [5.74, 6) is -0.166. The standard InChI is InChI=1S/C23H25ClN6O/c1-4-5-10-30-22-21(16(3)28-30)20(11-15(2)26-22)23(31)27-19-8-6-17(7-9-19)13-29-14-18(24)12-25-29/h6-9,11-12,14H,4-5,10,13H2,1-3H3,(H,27,31). The zero-order chi connectivity index (χ0) is 22.0. The summed E-state index contributed by atoms with van der Waals surface area (Å²) in [6.07, 6.45) is 5.48. The number of carbonyl (C=O) groups is 1. The zero-order valence-corrected chi connectivity index (χ0v) is 18.6. The number of aromatic nitrogens is 5. The predicted octanol–water partition coefficient (Wildman–Crippen LogP) is 5.00. The number of aryl methyl sites for hydroxylation is 3. The number of pyridine rings is 1. The van der Waals surface area contributed by atoms with Crippen LogP contribution in [0.5, 0.6) is 0 Å². The van der Waals surface area contributed by atoms with Crippen LogP contribution in [0.1, 0.15) is 47.1 Å². The van der Waals surface area contributed by atoms with E-state index in [1.165, 1.54) is 0 Å². The molecule has 0 radical (unpaired) electrons. The van der Waals surface area contributed by atoms with Crippen LogP contribution < -0.4 is 5.32 Å². The monoisotopic (exact) mass is 436 g/mol. The lowest BCUT2D eigenvalue weighted by atomic mass is 10.1. The van der Waals surface area contributed by atoms with Gasteiger partial charge in [0.15, 0.2) is 5.65 Å².